The van der Waals surface area contributed by atoms with Crippen LogP contribution in [0.5, 0.6) is 5.88 Å². The summed E-state index contributed by atoms with van der Waals surface area (Å²) in [6, 6.07) is 0. The van der Waals surface area contributed by atoms with E-state index < -0.39 is 17.9 Å². The Bertz CT molecular complexity index is 743. The largest absolute Gasteiger partial charge is 0.475 e. The summed E-state index contributed by atoms with van der Waals surface area (Å²) in [6.07, 6.45) is 1.85. The van der Waals surface area contributed by atoms with Crippen molar-refractivity contribution >= 4 is 17.4 Å². The Morgan fingerprint density at radius 2 is 2.25 bits per heavy atom. The van der Waals surface area contributed by atoms with Crippen LogP contribution in [0.15, 0.2) is 11.4 Å². The zero-order valence-electron chi connectivity index (χ0n) is 14.1. The second kappa shape index (κ2) is 6.45. The summed E-state index contributed by atoms with van der Waals surface area (Å²) < 4.78 is 27.3. The monoisotopic (exact) mass is 356 g/mol. The van der Waals surface area contributed by atoms with Gasteiger partial charge in [0.05, 0.1) is 18.9 Å². The molecule has 4 atom stereocenters. The number of ether oxygens (including phenoxy) is 2. The van der Waals surface area contributed by atoms with Crippen LogP contribution >= 0.6 is 11.8 Å². The summed E-state index contributed by atoms with van der Waals surface area (Å²) in [5, 5.41) is 15.7. The minimum absolute atomic E-state index is 0.145. The van der Waals surface area contributed by atoms with Gasteiger partial charge in [0.15, 0.2) is 6.17 Å². The van der Waals surface area contributed by atoms with Crippen molar-refractivity contribution in [2.45, 2.75) is 50.4 Å². The molecular formula is C15H21FN4O3S. The lowest BCUT2D eigenvalue weighted by atomic mass is 9.95. The number of alkyl halides is 1. The number of thioether (sulfide) groups is 1. The second-order valence-corrected chi connectivity index (χ2v) is 6.51. The number of hydrogen-bond acceptors (Lipinski definition) is 7. The van der Waals surface area contributed by atoms with Crippen LogP contribution in [0.2, 0.25) is 0 Å². The average molecular weight is 356 g/mol. The molecule has 132 valence electrons. The molecule has 0 unspecified atom stereocenters. The van der Waals surface area contributed by atoms with E-state index in [0.717, 1.165) is 0 Å². The third kappa shape index (κ3) is 2.55. The third-order valence-electron chi connectivity index (χ3n) is 4.30. The van der Waals surface area contributed by atoms with Crippen LogP contribution in [0.25, 0.3) is 5.65 Å². The Morgan fingerprint density at radius 3 is 2.83 bits per heavy atom. The van der Waals surface area contributed by atoms with Gasteiger partial charge < -0.3 is 14.6 Å². The molecule has 0 aliphatic carbocycles. The van der Waals surface area contributed by atoms with Crippen LogP contribution in [0.3, 0.4) is 0 Å². The SMILES string of the molecule is CCOc1nc(SC)nn2c([C@]3(O)O[C@H](CC)[C@@H](C)[C@H]3F)cnc12. The first-order valence-corrected chi connectivity index (χ1v) is 9.16. The molecule has 0 bridgehead atoms. The van der Waals surface area contributed by atoms with Crippen LogP contribution in [-0.4, -0.2) is 49.8 Å². The van der Waals surface area contributed by atoms with Crippen LogP contribution in [0.1, 0.15) is 32.9 Å². The molecule has 7 nitrogen and oxygen atoms in total. The van der Waals surface area contributed by atoms with Crippen molar-refractivity contribution in [1.82, 2.24) is 19.6 Å². The maximum Gasteiger partial charge on any atom is 0.262 e. The number of halogens is 1. The van der Waals surface area contributed by atoms with E-state index in [1.165, 1.54) is 22.5 Å². The second-order valence-electron chi connectivity index (χ2n) is 5.74. The highest BCUT2D eigenvalue weighted by Crippen LogP contribution is 2.44. The summed E-state index contributed by atoms with van der Waals surface area (Å²) in [4.78, 5) is 8.48. The van der Waals surface area contributed by atoms with Crippen LogP contribution in [0, 0.1) is 5.92 Å². The molecule has 3 heterocycles. The molecule has 0 aromatic carbocycles. The molecule has 24 heavy (non-hydrogen) atoms. The summed E-state index contributed by atoms with van der Waals surface area (Å²) in [6.45, 7) is 5.87. The van der Waals surface area contributed by atoms with Crippen molar-refractivity contribution in [3.8, 4) is 5.88 Å². The van der Waals surface area contributed by atoms with Gasteiger partial charge in [-0.3, -0.25) is 0 Å². The van der Waals surface area contributed by atoms with Gasteiger partial charge in [-0.1, -0.05) is 25.6 Å². The van der Waals surface area contributed by atoms with E-state index in [-0.39, 0.29) is 11.8 Å². The Labute approximate surface area is 143 Å². The van der Waals surface area contributed by atoms with Crippen molar-refractivity contribution in [3.05, 3.63) is 11.9 Å². The van der Waals surface area contributed by atoms with Crippen molar-refractivity contribution in [1.29, 1.82) is 0 Å². The summed E-state index contributed by atoms with van der Waals surface area (Å²) in [7, 11) is 0. The van der Waals surface area contributed by atoms with Crippen LogP contribution in [0.4, 0.5) is 4.39 Å². The van der Waals surface area contributed by atoms with E-state index in [0.29, 0.717) is 29.7 Å². The third-order valence-corrected chi connectivity index (χ3v) is 4.84. The minimum atomic E-state index is -2.09. The highest BCUT2D eigenvalue weighted by atomic mass is 32.2. The summed E-state index contributed by atoms with van der Waals surface area (Å²) in [5.41, 5.74) is 0.466. The van der Waals surface area contributed by atoms with Gasteiger partial charge in [0.2, 0.25) is 16.6 Å². The van der Waals surface area contributed by atoms with Crippen molar-refractivity contribution in [3.63, 3.8) is 0 Å². The molecule has 1 aliphatic heterocycles. The lowest BCUT2D eigenvalue weighted by Crippen LogP contribution is -2.37. The molecule has 0 radical (unpaired) electrons. The zero-order chi connectivity index (χ0) is 17.5. The van der Waals surface area contributed by atoms with Gasteiger partial charge in [0.1, 0.15) is 5.69 Å². The molecule has 3 rings (SSSR count). The smallest absolute Gasteiger partial charge is 0.262 e. The van der Waals surface area contributed by atoms with Crippen molar-refractivity contribution in [2.24, 2.45) is 5.92 Å². The predicted octanol–water partition coefficient (Wildman–Crippen LogP) is 2.17. The first-order valence-electron chi connectivity index (χ1n) is 7.93. The quantitative estimate of drug-likeness (QED) is 0.822. The molecule has 0 spiro atoms. The number of rotatable bonds is 5. The molecule has 1 fully saturated rings. The fraction of sp³-hybridized carbons (Fsp3) is 0.667. The topological polar surface area (TPSA) is 81.8 Å². The van der Waals surface area contributed by atoms with Gasteiger partial charge in [-0.05, 0) is 19.6 Å². The van der Waals surface area contributed by atoms with E-state index in [1.807, 2.05) is 20.1 Å². The molecule has 1 aliphatic rings. The Morgan fingerprint density at radius 1 is 1.50 bits per heavy atom. The highest BCUT2D eigenvalue weighted by Gasteiger charge is 2.55. The number of imidazole rings is 1. The number of hydrogen-bond donors (Lipinski definition) is 1. The van der Waals surface area contributed by atoms with Crippen LogP contribution < -0.4 is 4.74 Å². The van der Waals surface area contributed by atoms with E-state index in [1.54, 1.807) is 6.92 Å². The van der Waals surface area contributed by atoms with E-state index >= 15 is 0 Å². The molecule has 2 aromatic rings. The maximum atomic E-state index is 14.8. The number of fused-ring (bicyclic) bond motifs is 1. The van der Waals surface area contributed by atoms with E-state index in [9.17, 15) is 9.50 Å². The van der Waals surface area contributed by atoms with Gasteiger partial charge >= 0.3 is 0 Å². The fourth-order valence-electron chi connectivity index (χ4n) is 3.01. The Balaban J connectivity index is 2.15. The molecular weight excluding hydrogens is 335 g/mol. The first kappa shape index (κ1) is 17.4. The average Bonchev–Trinajstić information content (AvgIpc) is 3.11. The molecule has 1 saturated heterocycles. The molecule has 0 amide bonds. The number of aliphatic hydroxyl groups is 1. The highest BCUT2D eigenvalue weighted by molar-refractivity contribution is 7.98. The lowest BCUT2D eigenvalue weighted by Gasteiger charge is -2.24. The Kier molecular flexibility index (Phi) is 4.67. The summed E-state index contributed by atoms with van der Waals surface area (Å²) in [5.74, 6) is -2.23. The standard InChI is InChI=1S/C15H21FN4O3S/c1-5-9-8(3)11(16)15(21,23-9)10-7-17-12-13(22-6-2)18-14(24-4)19-20(10)12/h7-9,11,21H,5-6H2,1-4H3/t8-,9-,11-,15+/m1/s1. The van der Waals surface area contributed by atoms with Gasteiger partial charge in [0, 0.05) is 5.92 Å². The van der Waals surface area contributed by atoms with Crippen LogP contribution in [-0.2, 0) is 10.5 Å². The van der Waals surface area contributed by atoms with Gasteiger partial charge in [-0.25, -0.2) is 13.9 Å². The van der Waals surface area contributed by atoms with Gasteiger partial charge in [0.25, 0.3) is 5.88 Å². The van der Waals surface area contributed by atoms with Crippen molar-refractivity contribution in [2.75, 3.05) is 12.9 Å². The Hall–Kier alpha value is -1.45. The summed E-state index contributed by atoms with van der Waals surface area (Å²) >= 11 is 1.32. The normalized spacial score (nSPS) is 30.2. The van der Waals surface area contributed by atoms with Crippen molar-refractivity contribution < 1.29 is 19.0 Å². The fourth-order valence-corrected chi connectivity index (χ4v) is 3.34. The first-order chi connectivity index (χ1) is 11.5. The number of aromatic nitrogens is 4. The molecule has 1 N–H and O–H groups in total. The van der Waals surface area contributed by atoms with Gasteiger partial charge in [-0.15, -0.1) is 5.10 Å². The minimum Gasteiger partial charge on any atom is -0.475 e. The molecule has 2 aromatic heterocycles. The predicted molar refractivity (Wildman–Crippen MR) is 86.9 cm³/mol. The lowest BCUT2D eigenvalue weighted by molar-refractivity contribution is -0.227. The molecule has 9 heteroatoms. The van der Waals surface area contributed by atoms with E-state index in [4.69, 9.17) is 9.47 Å². The van der Waals surface area contributed by atoms with Gasteiger partial charge in [-0.2, -0.15) is 4.98 Å². The molecule has 0 saturated carbocycles. The van der Waals surface area contributed by atoms with E-state index in [2.05, 4.69) is 15.1 Å². The zero-order valence-corrected chi connectivity index (χ0v) is 14.9. The maximum absolute atomic E-state index is 14.8. The number of nitrogens with zero attached hydrogens (tertiary/aromatic N) is 4.